The lowest BCUT2D eigenvalue weighted by Crippen LogP contribution is -1.28. The summed E-state index contributed by atoms with van der Waals surface area (Å²) >= 11 is 0. The Labute approximate surface area is 31.4 Å². The van der Waals surface area contributed by atoms with Gasteiger partial charge in [-0.2, -0.15) is 0 Å². The zero-order chi connectivity index (χ0) is 4.12. The van der Waals surface area contributed by atoms with Crippen LogP contribution in [-0.4, -0.2) is 0 Å². The Morgan fingerprint density at radius 1 is 1.80 bits per heavy atom. The molecule has 24 valence electrons. The number of rotatable bonds is 0. The average molecular weight is 66.1 g/mol. The molecule has 0 aromatic heterocycles. The first-order chi connectivity index (χ1) is 2.41. The van der Waals surface area contributed by atoms with Crippen molar-refractivity contribution >= 4 is 0 Å². The van der Waals surface area contributed by atoms with Gasteiger partial charge in [0, 0.05) is 4.85 Å². The van der Waals surface area contributed by atoms with Crippen LogP contribution in [-0.2, 0) is 0 Å². The number of nitrogens with zero attached hydrogens (tertiary/aromatic N) is 1. The van der Waals surface area contributed by atoms with E-state index in [1.54, 1.807) is 6.92 Å². The Hall–Kier alpha value is -0.950. The van der Waals surface area contributed by atoms with Crippen LogP contribution < -0.4 is 0 Å². The topological polar surface area (TPSA) is 4.36 Å². The van der Waals surface area contributed by atoms with Crippen molar-refractivity contribution < 1.29 is 0 Å². The third-order valence-corrected chi connectivity index (χ3v) is 0.176. The summed E-state index contributed by atoms with van der Waals surface area (Å²) in [5.74, 6) is 0. The molecule has 0 N–H and O–H groups in total. The van der Waals surface area contributed by atoms with Gasteiger partial charge in [0.25, 0.3) is 6.07 Å². The van der Waals surface area contributed by atoms with Crippen LogP contribution in [0.3, 0.4) is 0 Å². The molecule has 0 aromatic rings. The Balaban J connectivity index is 3.30. The average Bonchev–Trinajstić information content (AvgIpc) is 1.41. The minimum atomic E-state index is 1.65. The molecule has 0 spiro atoms. The molecule has 0 amide bonds. The van der Waals surface area contributed by atoms with Crippen LogP contribution in [0.5, 0.6) is 0 Å². The molecular weight excluding hydrogens is 62.1 g/mol. The van der Waals surface area contributed by atoms with Gasteiger partial charge in [0.05, 0.1) is 6.92 Å². The smallest absolute Gasteiger partial charge is 0.0244 e. The zero-order valence-corrected chi connectivity index (χ0v) is 3.02. The molecule has 0 saturated heterocycles. The molecular formula is C4H4N+. The van der Waals surface area contributed by atoms with Crippen molar-refractivity contribution in [2.24, 2.45) is 0 Å². The molecule has 0 atom stereocenters. The summed E-state index contributed by atoms with van der Waals surface area (Å²) in [6, 6.07) is 4.44. The van der Waals surface area contributed by atoms with Gasteiger partial charge in [-0.3, -0.25) is 0 Å². The van der Waals surface area contributed by atoms with Crippen molar-refractivity contribution in [3.63, 3.8) is 0 Å². The molecule has 0 heterocycles. The van der Waals surface area contributed by atoms with Crippen molar-refractivity contribution in [1.82, 2.24) is 0 Å². The van der Waals surface area contributed by atoms with Crippen molar-refractivity contribution in [3.8, 4) is 18.5 Å². The Morgan fingerprint density at radius 2 is 2.40 bits per heavy atom. The molecule has 0 radical (unpaired) electrons. The third-order valence-electron chi connectivity index (χ3n) is 0.176. The lowest BCUT2D eigenvalue weighted by atomic mass is 10.9. The fraction of sp³-hybridized carbons (Fsp3) is 0.250. The molecule has 1 nitrogen and oxygen atoms in total. The molecule has 0 aromatic carbocycles. The molecule has 0 fully saturated rings. The van der Waals surface area contributed by atoms with Crippen LogP contribution in [0, 0.1) is 18.5 Å². The zero-order valence-electron chi connectivity index (χ0n) is 3.02. The Morgan fingerprint density at radius 3 is 2.40 bits per heavy atom. The van der Waals surface area contributed by atoms with Gasteiger partial charge < -0.3 is 0 Å². The predicted octanol–water partition coefficient (Wildman–Crippen LogP) is 0.930. The van der Waals surface area contributed by atoms with Gasteiger partial charge in [-0.15, -0.1) is 0 Å². The standard InChI is InChI=1S/C4H4N/c1-3-5-4-2/h1H,2H3/q+1. The largest absolute Gasteiger partial charge is 0.371 e. The van der Waals surface area contributed by atoms with E-state index in [0.717, 1.165) is 0 Å². The summed E-state index contributed by atoms with van der Waals surface area (Å²) in [5, 5.41) is 0. The molecule has 0 bridgehead atoms. The van der Waals surface area contributed by atoms with Crippen LogP contribution in [0.25, 0.3) is 4.85 Å². The second kappa shape index (κ2) is 3.05. The van der Waals surface area contributed by atoms with E-state index >= 15 is 0 Å². The molecule has 0 aliphatic carbocycles. The van der Waals surface area contributed by atoms with Gasteiger partial charge in [-0.1, -0.05) is 0 Å². The minimum absolute atomic E-state index is 1.65. The fourth-order valence-corrected chi connectivity index (χ4v) is 0.0645. The van der Waals surface area contributed by atoms with Gasteiger partial charge in [0.15, 0.2) is 0 Å². The summed E-state index contributed by atoms with van der Waals surface area (Å²) in [5.41, 5.74) is 0. The van der Waals surface area contributed by atoms with Crippen LogP contribution in [0.4, 0.5) is 0 Å². The summed E-state index contributed by atoms with van der Waals surface area (Å²) in [6.45, 7) is 1.65. The summed E-state index contributed by atoms with van der Waals surface area (Å²) < 4.78 is 0. The molecule has 0 aliphatic heterocycles. The molecule has 0 unspecified atom stereocenters. The maximum atomic E-state index is 4.66. The third kappa shape index (κ3) is 3.05. The van der Waals surface area contributed by atoms with E-state index in [1.807, 2.05) is 6.04 Å². The van der Waals surface area contributed by atoms with E-state index in [2.05, 4.69) is 17.3 Å². The highest BCUT2D eigenvalue weighted by atomic mass is 14.6. The highest BCUT2D eigenvalue weighted by molar-refractivity contribution is 5.02. The highest BCUT2D eigenvalue weighted by Crippen LogP contribution is 1.51. The SMILES string of the molecule is C#C[N+]#CC. The number of terminal acetylenes is 1. The Bertz CT molecular complexity index is 97.0. The summed E-state index contributed by atoms with van der Waals surface area (Å²) in [7, 11) is 0. The van der Waals surface area contributed by atoms with Crippen molar-refractivity contribution in [2.45, 2.75) is 6.92 Å². The van der Waals surface area contributed by atoms with Gasteiger partial charge in [-0.05, 0) is 6.42 Å². The minimum Gasteiger partial charge on any atom is -0.0244 e. The van der Waals surface area contributed by atoms with E-state index in [1.165, 1.54) is 0 Å². The molecule has 1 heteroatoms. The molecule has 0 saturated carbocycles. The van der Waals surface area contributed by atoms with Crippen LogP contribution >= 0.6 is 0 Å². The first kappa shape index (κ1) is 4.05. The van der Waals surface area contributed by atoms with Gasteiger partial charge in [0.1, 0.15) is 0 Å². The van der Waals surface area contributed by atoms with Crippen LogP contribution in [0.1, 0.15) is 6.92 Å². The molecule has 0 rings (SSSR count). The first-order valence-electron chi connectivity index (χ1n) is 1.24. The number of hydrogen-bond donors (Lipinski definition) is 0. The van der Waals surface area contributed by atoms with Gasteiger partial charge in [-0.25, -0.2) is 0 Å². The second-order valence-corrected chi connectivity index (χ2v) is 0.465. The highest BCUT2D eigenvalue weighted by Gasteiger charge is 1.58. The van der Waals surface area contributed by atoms with E-state index in [0.29, 0.717) is 0 Å². The van der Waals surface area contributed by atoms with Crippen LogP contribution in [0.15, 0.2) is 0 Å². The van der Waals surface area contributed by atoms with Crippen molar-refractivity contribution in [3.05, 3.63) is 4.85 Å². The fourth-order valence-electron chi connectivity index (χ4n) is 0.0645. The molecule has 0 aliphatic rings. The lowest BCUT2D eigenvalue weighted by Gasteiger charge is -1.21. The summed E-state index contributed by atoms with van der Waals surface area (Å²) in [6.07, 6.45) is 4.66. The maximum Gasteiger partial charge on any atom is 0.371 e. The van der Waals surface area contributed by atoms with E-state index < -0.39 is 0 Å². The van der Waals surface area contributed by atoms with Crippen LogP contribution in [0.2, 0.25) is 0 Å². The van der Waals surface area contributed by atoms with Crippen molar-refractivity contribution in [2.75, 3.05) is 0 Å². The first-order valence-corrected chi connectivity index (χ1v) is 1.24. The van der Waals surface area contributed by atoms with Crippen molar-refractivity contribution in [1.29, 1.82) is 0 Å². The predicted molar refractivity (Wildman–Crippen MR) is 21.8 cm³/mol. The van der Waals surface area contributed by atoms with E-state index in [4.69, 9.17) is 0 Å². The monoisotopic (exact) mass is 66.0 g/mol. The normalized spacial score (nSPS) is 3.20. The quantitative estimate of drug-likeness (QED) is 0.370. The number of hydrogen-bond acceptors (Lipinski definition) is 0. The second-order valence-electron chi connectivity index (χ2n) is 0.465. The molecule has 5 heavy (non-hydrogen) atoms. The maximum absolute atomic E-state index is 4.66. The Kier molecular flexibility index (Phi) is 2.47. The summed E-state index contributed by atoms with van der Waals surface area (Å²) in [4.78, 5) is 3.25. The van der Waals surface area contributed by atoms with Gasteiger partial charge in [0.2, 0.25) is 0 Å². The van der Waals surface area contributed by atoms with Gasteiger partial charge >= 0.3 is 6.04 Å². The lowest BCUT2D eigenvalue weighted by molar-refractivity contribution is 1.89. The van der Waals surface area contributed by atoms with E-state index in [9.17, 15) is 0 Å². The van der Waals surface area contributed by atoms with E-state index in [-0.39, 0.29) is 0 Å².